The number of benzene rings is 2. The van der Waals surface area contributed by atoms with Gasteiger partial charge in [-0.1, -0.05) is 48.5 Å². The van der Waals surface area contributed by atoms with E-state index < -0.39 is 0 Å². The minimum absolute atomic E-state index is 0.0369. The Hall–Kier alpha value is -2.87. The van der Waals surface area contributed by atoms with Crippen LogP contribution < -0.4 is 15.0 Å². The van der Waals surface area contributed by atoms with E-state index in [1.54, 1.807) is 18.4 Å². The molecule has 0 spiro atoms. The third kappa shape index (κ3) is 5.69. The average Bonchev–Trinajstić information content (AvgIpc) is 3.37. The highest BCUT2D eigenvalue weighted by Crippen LogP contribution is 2.39. The number of carbonyl (C=O) groups excluding carboxylic acids is 1. The van der Waals surface area contributed by atoms with Crippen molar-refractivity contribution in [1.29, 1.82) is 0 Å². The summed E-state index contributed by atoms with van der Waals surface area (Å²) in [7, 11) is 1.72. The molecule has 2 aliphatic rings. The summed E-state index contributed by atoms with van der Waals surface area (Å²) < 4.78 is 11.1. The first-order chi connectivity index (χ1) is 17.2. The van der Waals surface area contributed by atoms with Gasteiger partial charge in [-0.25, -0.2) is 0 Å². The standard InChI is InChI=1S/C28H33N3O3S/c1-33-25-10-6-5-9-22(25)20-30-13-11-23(12-14-30)29-27(32)26-19-24(21-7-3-2-4-8-21)28(35-26)31-15-17-34-18-16-31/h2-10,19,23H,11-18,20H2,1H3,(H,29,32). The Morgan fingerprint density at radius 1 is 1.03 bits per heavy atom. The van der Waals surface area contributed by atoms with Gasteiger partial charge in [-0.2, -0.15) is 0 Å². The summed E-state index contributed by atoms with van der Waals surface area (Å²) in [5, 5.41) is 4.48. The first-order valence-electron chi connectivity index (χ1n) is 12.4. The van der Waals surface area contributed by atoms with Crippen LogP contribution in [-0.2, 0) is 11.3 Å². The number of rotatable bonds is 7. The molecule has 7 heteroatoms. The van der Waals surface area contributed by atoms with Crippen molar-refractivity contribution in [2.24, 2.45) is 0 Å². The molecule has 0 aliphatic carbocycles. The Balaban J connectivity index is 1.23. The van der Waals surface area contributed by atoms with Crippen molar-refractivity contribution < 1.29 is 14.3 Å². The van der Waals surface area contributed by atoms with Gasteiger partial charge in [0.15, 0.2) is 0 Å². The number of likely N-dealkylation sites (tertiary alicyclic amines) is 1. The maximum atomic E-state index is 13.3. The number of morpholine rings is 1. The van der Waals surface area contributed by atoms with Crippen LogP contribution in [-0.4, -0.2) is 63.4 Å². The summed E-state index contributed by atoms with van der Waals surface area (Å²) in [5.41, 5.74) is 3.49. The van der Waals surface area contributed by atoms with E-state index >= 15 is 0 Å². The number of anilines is 1. The zero-order chi connectivity index (χ0) is 24.0. The van der Waals surface area contributed by atoms with Gasteiger partial charge in [-0.3, -0.25) is 9.69 Å². The van der Waals surface area contributed by atoms with Gasteiger partial charge in [-0.15, -0.1) is 11.3 Å². The summed E-state index contributed by atoms with van der Waals surface area (Å²) in [5.74, 6) is 0.973. The summed E-state index contributed by atoms with van der Waals surface area (Å²) in [6, 6.07) is 20.8. The van der Waals surface area contributed by atoms with E-state index in [1.807, 2.05) is 18.2 Å². The topological polar surface area (TPSA) is 54.0 Å². The molecule has 2 aliphatic heterocycles. The van der Waals surface area contributed by atoms with Crippen molar-refractivity contribution in [3.05, 3.63) is 71.1 Å². The van der Waals surface area contributed by atoms with E-state index in [0.717, 1.165) is 85.5 Å². The van der Waals surface area contributed by atoms with Crippen molar-refractivity contribution in [2.45, 2.75) is 25.4 Å². The molecule has 184 valence electrons. The lowest BCUT2D eigenvalue weighted by molar-refractivity contribution is 0.0913. The predicted octanol–water partition coefficient (Wildman–Crippen LogP) is 4.65. The zero-order valence-corrected chi connectivity index (χ0v) is 21.1. The van der Waals surface area contributed by atoms with Crippen LogP contribution in [0.3, 0.4) is 0 Å². The molecule has 0 saturated carbocycles. The SMILES string of the molecule is COc1ccccc1CN1CCC(NC(=O)c2cc(-c3ccccc3)c(N3CCOCC3)s2)CC1. The Bertz CT molecular complexity index is 1120. The number of thiophene rings is 1. The minimum Gasteiger partial charge on any atom is -0.496 e. The lowest BCUT2D eigenvalue weighted by atomic mass is 10.0. The molecular weight excluding hydrogens is 458 g/mol. The van der Waals surface area contributed by atoms with Crippen LogP contribution in [0.1, 0.15) is 28.1 Å². The molecule has 0 unspecified atom stereocenters. The molecule has 2 aromatic carbocycles. The molecule has 3 heterocycles. The maximum absolute atomic E-state index is 13.3. The van der Waals surface area contributed by atoms with Crippen LogP contribution >= 0.6 is 11.3 Å². The van der Waals surface area contributed by atoms with Crippen LogP contribution in [0, 0.1) is 0 Å². The third-order valence-corrected chi connectivity index (χ3v) is 8.02. The van der Waals surface area contributed by atoms with E-state index in [2.05, 4.69) is 57.6 Å². The van der Waals surface area contributed by atoms with Gasteiger partial charge in [0.05, 0.1) is 30.2 Å². The molecule has 2 saturated heterocycles. The predicted molar refractivity (Wildman–Crippen MR) is 142 cm³/mol. The minimum atomic E-state index is 0.0369. The van der Waals surface area contributed by atoms with Gasteiger partial charge in [0.2, 0.25) is 0 Å². The van der Waals surface area contributed by atoms with Crippen LogP contribution in [0.15, 0.2) is 60.7 Å². The Morgan fingerprint density at radius 2 is 1.74 bits per heavy atom. The number of nitrogens with one attached hydrogen (secondary N) is 1. The monoisotopic (exact) mass is 491 g/mol. The highest BCUT2D eigenvalue weighted by Gasteiger charge is 2.25. The molecule has 1 amide bonds. The van der Waals surface area contributed by atoms with Gasteiger partial charge in [0, 0.05) is 49.9 Å². The number of methoxy groups -OCH3 is 1. The second-order valence-corrected chi connectivity index (χ2v) is 10.2. The van der Waals surface area contributed by atoms with E-state index in [4.69, 9.17) is 9.47 Å². The van der Waals surface area contributed by atoms with E-state index in [9.17, 15) is 4.79 Å². The Kier molecular flexibility index (Phi) is 7.66. The summed E-state index contributed by atoms with van der Waals surface area (Å²) in [4.78, 5) is 18.8. The van der Waals surface area contributed by atoms with E-state index in [0.29, 0.717) is 0 Å². The molecule has 1 aromatic heterocycles. The number of carbonyl (C=O) groups is 1. The molecule has 0 bridgehead atoms. The average molecular weight is 492 g/mol. The summed E-state index contributed by atoms with van der Waals surface area (Å²) in [6.07, 6.45) is 1.91. The lowest BCUT2D eigenvalue weighted by Gasteiger charge is -2.32. The molecule has 2 fully saturated rings. The highest BCUT2D eigenvalue weighted by atomic mass is 32.1. The van der Waals surface area contributed by atoms with Crippen LogP contribution in [0.2, 0.25) is 0 Å². The van der Waals surface area contributed by atoms with Crippen LogP contribution in [0.4, 0.5) is 5.00 Å². The number of nitrogens with zero attached hydrogens (tertiary/aromatic N) is 2. The van der Waals surface area contributed by atoms with E-state index in [1.165, 1.54) is 5.56 Å². The number of para-hydroxylation sites is 1. The smallest absolute Gasteiger partial charge is 0.261 e. The molecule has 5 rings (SSSR count). The second-order valence-electron chi connectivity index (χ2n) is 9.13. The van der Waals surface area contributed by atoms with Crippen molar-refractivity contribution in [3.63, 3.8) is 0 Å². The fraction of sp³-hybridized carbons (Fsp3) is 0.393. The van der Waals surface area contributed by atoms with Gasteiger partial charge >= 0.3 is 0 Å². The Morgan fingerprint density at radius 3 is 2.49 bits per heavy atom. The molecular formula is C28H33N3O3S. The van der Waals surface area contributed by atoms with Crippen molar-refractivity contribution in [1.82, 2.24) is 10.2 Å². The van der Waals surface area contributed by atoms with Gasteiger partial charge in [0.1, 0.15) is 5.75 Å². The van der Waals surface area contributed by atoms with Gasteiger partial charge in [-0.05, 0) is 30.5 Å². The molecule has 1 N–H and O–H groups in total. The number of amides is 1. The largest absolute Gasteiger partial charge is 0.496 e. The summed E-state index contributed by atoms with van der Waals surface area (Å²) in [6.45, 7) is 5.95. The molecule has 35 heavy (non-hydrogen) atoms. The first kappa shape index (κ1) is 23.9. The fourth-order valence-electron chi connectivity index (χ4n) is 4.89. The summed E-state index contributed by atoms with van der Waals surface area (Å²) >= 11 is 1.60. The number of hydrogen-bond donors (Lipinski definition) is 1. The molecule has 0 radical (unpaired) electrons. The number of hydrogen-bond acceptors (Lipinski definition) is 6. The van der Waals surface area contributed by atoms with Crippen molar-refractivity contribution in [3.8, 4) is 16.9 Å². The third-order valence-electron chi connectivity index (χ3n) is 6.83. The van der Waals surface area contributed by atoms with E-state index in [-0.39, 0.29) is 11.9 Å². The highest BCUT2D eigenvalue weighted by molar-refractivity contribution is 7.18. The molecule has 3 aromatic rings. The maximum Gasteiger partial charge on any atom is 0.261 e. The molecule has 6 nitrogen and oxygen atoms in total. The van der Waals surface area contributed by atoms with Gasteiger partial charge < -0.3 is 19.7 Å². The second kappa shape index (κ2) is 11.2. The lowest BCUT2D eigenvalue weighted by Crippen LogP contribution is -2.44. The van der Waals surface area contributed by atoms with Crippen molar-refractivity contribution in [2.75, 3.05) is 51.4 Å². The molecule has 0 atom stereocenters. The Labute approximate surface area is 211 Å². The van der Waals surface area contributed by atoms with Crippen LogP contribution in [0.25, 0.3) is 11.1 Å². The quantitative estimate of drug-likeness (QED) is 0.521. The first-order valence-corrected chi connectivity index (χ1v) is 13.2. The number of ether oxygens (including phenoxy) is 2. The zero-order valence-electron chi connectivity index (χ0n) is 20.2. The van der Waals surface area contributed by atoms with Crippen LogP contribution in [0.5, 0.6) is 5.75 Å². The fourth-order valence-corrected chi connectivity index (χ4v) is 6.02. The normalized spacial score (nSPS) is 17.3. The van der Waals surface area contributed by atoms with Gasteiger partial charge in [0.25, 0.3) is 5.91 Å². The number of piperidine rings is 1. The van der Waals surface area contributed by atoms with Crippen molar-refractivity contribution >= 4 is 22.2 Å².